The van der Waals surface area contributed by atoms with Crippen LogP contribution < -0.4 is 4.74 Å². The predicted octanol–water partition coefficient (Wildman–Crippen LogP) is 6.79. The molecule has 0 aliphatic rings. The van der Waals surface area contributed by atoms with E-state index in [1.807, 2.05) is 28.8 Å². The number of rotatable bonds is 14. The monoisotopic (exact) mass is 389 g/mol. The molecule has 5 heteroatoms. The zero-order chi connectivity index (χ0) is 19.3. The third-order valence-electron chi connectivity index (χ3n) is 5.07. The Morgan fingerprint density at radius 3 is 2.15 bits per heavy atom. The Labute approximate surface area is 169 Å². The van der Waals surface area contributed by atoms with Gasteiger partial charge in [-0.3, -0.25) is 9.67 Å². The quantitative estimate of drug-likeness (QED) is 0.286. The summed E-state index contributed by atoms with van der Waals surface area (Å²) in [6.45, 7) is 2.27. The number of hydrogen-bond acceptors (Lipinski definition) is 3. The van der Waals surface area contributed by atoms with Crippen molar-refractivity contribution in [3.63, 3.8) is 0 Å². The molecule has 27 heavy (non-hydrogen) atoms. The van der Waals surface area contributed by atoms with E-state index in [1.54, 1.807) is 7.11 Å². The van der Waals surface area contributed by atoms with Crippen LogP contribution in [-0.2, 0) is 6.42 Å². The summed E-state index contributed by atoms with van der Waals surface area (Å²) in [6.07, 6.45) is 15.7. The van der Waals surface area contributed by atoms with Gasteiger partial charge in [-0.25, -0.2) is 0 Å². The molecule has 4 nitrogen and oxygen atoms in total. The van der Waals surface area contributed by atoms with Crippen molar-refractivity contribution < 1.29 is 4.74 Å². The number of nitrogens with one attached hydrogen (secondary N) is 1. The highest BCUT2D eigenvalue weighted by atomic mass is 32.1. The SMILES string of the molecule is CCCCCCCCCCCCCc1n[nH]c(=S)n1-c1ccccc1OC. The summed E-state index contributed by atoms with van der Waals surface area (Å²) < 4.78 is 8.11. The second-order valence-corrected chi connectivity index (χ2v) is 7.62. The second kappa shape index (κ2) is 12.7. The molecule has 0 bridgehead atoms. The van der Waals surface area contributed by atoms with E-state index in [9.17, 15) is 0 Å². The summed E-state index contributed by atoms with van der Waals surface area (Å²) in [5, 5.41) is 7.38. The van der Waals surface area contributed by atoms with E-state index < -0.39 is 0 Å². The number of ether oxygens (including phenoxy) is 1. The first-order chi connectivity index (χ1) is 13.3. The van der Waals surface area contributed by atoms with Crippen LogP contribution >= 0.6 is 12.2 Å². The minimum absolute atomic E-state index is 0.623. The normalized spacial score (nSPS) is 11.0. The largest absolute Gasteiger partial charge is 0.495 e. The zero-order valence-corrected chi connectivity index (χ0v) is 17.8. The third-order valence-corrected chi connectivity index (χ3v) is 5.35. The molecule has 150 valence electrons. The molecule has 2 aromatic rings. The lowest BCUT2D eigenvalue weighted by atomic mass is 10.1. The van der Waals surface area contributed by atoms with Gasteiger partial charge in [-0.15, -0.1) is 0 Å². The van der Waals surface area contributed by atoms with Gasteiger partial charge in [0.25, 0.3) is 0 Å². The molecule has 0 atom stereocenters. The van der Waals surface area contributed by atoms with Crippen molar-refractivity contribution in [2.75, 3.05) is 7.11 Å². The van der Waals surface area contributed by atoms with E-state index in [0.29, 0.717) is 4.77 Å². The van der Waals surface area contributed by atoms with Gasteiger partial charge < -0.3 is 4.74 Å². The fraction of sp³-hybridized carbons (Fsp3) is 0.636. The van der Waals surface area contributed by atoms with Crippen LogP contribution in [0, 0.1) is 4.77 Å². The van der Waals surface area contributed by atoms with Crippen LogP contribution in [0.25, 0.3) is 5.69 Å². The Morgan fingerprint density at radius 1 is 0.926 bits per heavy atom. The van der Waals surface area contributed by atoms with Crippen LogP contribution in [0.15, 0.2) is 24.3 Å². The number of aromatic nitrogens is 3. The molecule has 0 saturated carbocycles. The van der Waals surface area contributed by atoms with Gasteiger partial charge in [-0.1, -0.05) is 83.3 Å². The maximum Gasteiger partial charge on any atom is 0.199 e. The number of aromatic amines is 1. The van der Waals surface area contributed by atoms with Crippen LogP contribution in [0.3, 0.4) is 0 Å². The first-order valence-electron chi connectivity index (χ1n) is 10.6. The minimum atomic E-state index is 0.623. The molecule has 1 heterocycles. The van der Waals surface area contributed by atoms with E-state index in [0.717, 1.165) is 30.1 Å². The number of para-hydroxylation sites is 2. The zero-order valence-electron chi connectivity index (χ0n) is 17.0. The summed E-state index contributed by atoms with van der Waals surface area (Å²) in [6, 6.07) is 7.94. The van der Waals surface area contributed by atoms with Gasteiger partial charge in [-0.2, -0.15) is 5.10 Å². The topological polar surface area (TPSA) is 42.8 Å². The van der Waals surface area contributed by atoms with Crippen LogP contribution in [0.4, 0.5) is 0 Å². The van der Waals surface area contributed by atoms with Crippen LogP contribution in [0.5, 0.6) is 5.75 Å². The van der Waals surface area contributed by atoms with Gasteiger partial charge in [0.1, 0.15) is 11.6 Å². The molecule has 1 aromatic carbocycles. The molecule has 0 fully saturated rings. The number of hydrogen-bond donors (Lipinski definition) is 1. The molecule has 0 spiro atoms. The first-order valence-corrected chi connectivity index (χ1v) is 11.0. The number of unbranched alkanes of at least 4 members (excludes halogenated alkanes) is 10. The molecular formula is C22H35N3OS. The highest BCUT2D eigenvalue weighted by molar-refractivity contribution is 7.71. The molecule has 0 aliphatic heterocycles. The number of aryl methyl sites for hydroxylation is 1. The molecular weight excluding hydrogens is 354 g/mol. The summed E-state index contributed by atoms with van der Waals surface area (Å²) >= 11 is 5.44. The summed E-state index contributed by atoms with van der Waals surface area (Å²) in [7, 11) is 1.69. The van der Waals surface area contributed by atoms with Crippen LogP contribution in [0.2, 0.25) is 0 Å². The lowest BCUT2D eigenvalue weighted by Crippen LogP contribution is -2.04. The number of benzene rings is 1. The first kappa shape index (κ1) is 21.7. The van der Waals surface area contributed by atoms with Crippen molar-refractivity contribution >= 4 is 12.2 Å². The minimum Gasteiger partial charge on any atom is -0.495 e. The maximum absolute atomic E-state index is 5.48. The Kier molecular flexibility index (Phi) is 10.2. The van der Waals surface area contributed by atoms with Crippen LogP contribution in [-0.4, -0.2) is 21.9 Å². The van der Waals surface area contributed by atoms with Crippen molar-refractivity contribution in [2.24, 2.45) is 0 Å². The molecule has 0 aliphatic carbocycles. The molecule has 0 unspecified atom stereocenters. The second-order valence-electron chi connectivity index (χ2n) is 7.24. The number of H-pyrrole nitrogens is 1. The van der Waals surface area contributed by atoms with Crippen molar-refractivity contribution in [1.82, 2.24) is 14.8 Å². The van der Waals surface area contributed by atoms with Crippen molar-refractivity contribution in [3.8, 4) is 11.4 Å². The summed E-state index contributed by atoms with van der Waals surface area (Å²) in [5.41, 5.74) is 0.955. The van der Waals surface area contributed by atoms with Gasteiger partial charge in [0.2, 0.25) is 0 Å². The summed E-state index contributed by atoms with van der Waals surface area (Å²) in [4.78, 5) is 0. The molecule has 0 radical (unpaired) electrons. The molecule has 0 amide bonds. The number of nitrogens with zero attached hydrogens (tertiary/aromatic N) is 2. The van der Waals surface area contributed by atoms with E-state index in [4.69, 9.17) is 17.0 Å². The summed E-state index contributed by atoms with van der Waals surface area (Å²) in [5.74, 6) is 1.80. The van der Waals surface area contributed by atoms with Gasteiger partial charge in [0, 0.05) is 6.42 Å². The lowest BCUT2D eigenvalue weighted by Gasteiger charge is -2.11. The van der Waals surface area contributed by atoms with E-state index in [2.05, 4.69) is 17.1 Å². The van der Waals surface area contributed by atoms with Gasteiger partial charge in [0.05, 0.1) is 12.8 Å². The van der Waals surface area contributed by atoms with E-state index in [1.165, 1.54) is 64.2 Å². The Balaban J connectivity index is 1.71. The Morgan fingerprint density at radius 2 is 1.52 bits per heavy atom. The maximum atomic E-state index is 5.48. The van der Waals surface area contributed by atoms with Crippen LogP contribution in [0.1, 0.15) is 83.4 Å². The lowest BCUT2D eigenvalue weighted by molar-refractivity contribution is 0.412. The average molecular weight is 390 g/mol. The third kappa shape index (κ3) is 7.13. The van der Waals surface area contributed by atoms with Crippen molar-refractivity contribution in [2.45, 2.75) is 84.0 Å². The Hall–Kier alpha value is -1.62. The number of methoxy groups -OCH3 is 1. The Bertz CT molecular complexity index is 708. The predicted molar refractivity (Wildman–Crippen MR) is 115 cm³/mol. The van der Waals surface area contributed by atoms with E-state index >= 15 is 0 Å². The average Bonchev–Trinajstić information content (AvgIpc) is 3.06. The molecule has 1 aromatic heterocycles. The fourth-order valence-electron chi connectivity index (χ4n) is 3.51. The van der Waals surface area contributed by atoms with Gasteiger partial charge >= 0.3 is 0 Å². The van der Waals surface area contributed by atoms with E-state index in [-0.39, 0.29) is 0 Å². The highest BCUT2D eigenvalue weighted by Crippen LogP contribution is 2.24. The smallest absolute Gasteiger partial charge is 0.199 e. The highest BCUT2D eigenvalue weighted by Gasteiger charge is 2.12. The van der Waals surface area contributed by atoms with Crippen molar-refractivity contribution in [3.05, 3.63) is 34.9 Å². The van der Waals surface area contributed by atoms with Gasteiger partial charge in [0.15, 0.2) is 4.77 Å². The standard InChI is InChI=1S/C22H35N3OS/c1-3-4-5-6-7-8-9-10-11-12-13-18-21-23-24-22(27)25(21)19-16-14-15-17-20(19)26-2/h14-17H,3-13,18H2,1-2H3,(H,24,27). The fourth-order valence-corrected chi connectivity index (χ4v) is 3.76. The molecule has 1 N–H and O–H groups in total. The molecule has 2 rings (SSSR count). The molecule has 0 saturated heterocycles. The van der Waals surface area contributed by atoms with Crippen molar-refractivity contribution in [1.29, 1.82) is 0 Å². The van der Waals surface area contributed by atoms with Gasteiger partial charge in [-0.05, 0) is 30.8 Å².